The fourth-order valence-electron chi connectivity index (χ4n) is 4.72. The third kappa shape index (κ3) is 2.16. The van der Waals surface area contributed by atoms with Gasteiger partial charge in [-0.2, -0.15) is 0 Å². The number of aromatic nitrogens is 2. The molecule has 25 heavy (non-hydrogen) atoms. The Hall–Kier alpha value is -1.95. The van der Waals surface area contributed by atoms with Gasteiger partial charge in [-0.05, 0) is 32.3 Å². The molecule has 2 aromatic heterocycles. The van der Waals surface area contributed by atoms with E-state index in [4.69, 9.17) is 9.26 Å². The van der Waals surface area contributed by atoms with Gasteiger partial charge in [-0.25, -0.2) is 4.98 Å². The first-order valence-corrected chi connectivity index (χ1v) is 9.16. The summed E-state index contributed by atoms with van der Waals surface area (Å²) >= 11 is 0. The number of rotatable bonds is 3. The molecule has 1 saturated heterocycles. The molecule has 1 N–H and O–H groups in total. The van der Waals surface area contributed by atoms with E-state index in [1.54, 1.807) is 0 Å². The van der Waals surface area contributed by atoms with Gasteiger partial charge in [0.25, 0.3) is 11.6 Å². The molecule has 0 radical (unpaired) electrons. The average molecular weight is 341 g/mol. The van der Waals surface area contributed by atoms with Gasteiger partial charge in [0.15, 0.2) is 0 Å². The normalized spacial score (nSPS) is 30.1. The van der Waals surface area contributed by atoms with E-state index in [0.29, 0.717) is 28.8 Å². The summed E-state index contributed by atoms with van der Waals surface area (Å²) in [4.78, 5) is 17.7. The zero-order valence-corrected chi connectivity index (χ0v) is 14.8. The van der Waals surface area contributed by atoms with Crippen LogP contribution in [0.3, 0.4) is 0 Å². The van der Waals surface area contributed by atoms with Crippen LogP contribution >= 0.6 is 0 Å². The number of carbonyl (C=O) groups excluding carboxylic acids is 1. The van der Waals surface area contributed by atoms with Crippen LogP contribution in [-0.2, 0) is 4.74 Å². The van der Waals surface area contributed by atoms with Gasteiger partial charge in [0.2, 0.25) is 0 Å². The van der Waals surface area contributed by atoms with Crippen molar-refractivity contribution in [3.63, 3.8) is 0 Å². The van der Waals surface area contributed by atoms with Crippen molar-refractivity contribution in [1.29, 1.82) is 0 Å². The Morgan fingerprint density at radius 3 is 2.88 bits per heavy atom. The highest BCUT2D eigenvalue weighted by atomic mass is 16.5. The summed E-state index contributed by atoms with van der Waals surface area (Å²) in [6.07, 6.45) is 3.53. The molecule has 132 valence electrons. The third-order valence-corrected chi connectivity index (χ3v) is 6.26. The smallest absolute Gasteiger partial charge is 0.259 e. The monoisotopic (exact) mass is 341 g/mol. The lowest BCUT2D eigenvalue weighted by atomic mass is 9.57. The highest BCUT2D eigenvalue weighted by Gasteiger charge is 2.59. The number of carbonyl (C=O) groups is 1. The lowest BCUT2D eigenvalue weighted by molar-refractivity contribution is -0.108. The maximum Gasteiger partial charge on any atom is 0.259 e. The van der Waals surface area contributed by atoms with Gasteiger partial charge in [-0.1, -0.05) is 19.0 Å². The van der Waals surface area contributed by atoms with E-state index in [2.05, 4.69) is 29.3 Å². The van der Waals surface area contributed by atoms with Gasteiger partial charge in [0, 0.05) is 35.6 Å². The second-order valence-corrected chi connectivity index (χ2v) is 8.33. The minimum atomic E-state index is -0.0518. The summed E-state index contributed by atoms with van der Waals surface area (Å²) < 4.78 is 11.2. The molecule has 2 aromatic rings. The predicted molar refractivity (Wildman–Crippen MR) is 91.4 cm³/mol. The van der Waals surface area contributed by atoms with Crippen LogP contribution in [0.15, 0.2) is 10.6 Å². The second-order valence-electron chi connectivity index (χ2n) is 8.33. The largest absolute Gasteiger partial charge is 0.377 e. The Bertz CT molecular complexity index is 868. The highest BCUT2D eigenvalue weighted by molar-refractivity contribution is 6.06. The molecular weight excluding hydrogens is 318 g/mol. The van der Waals surface area contributed by atoms with Crippen LogP contribution in [0.1, 0.15) is 60.8 Å². The molecule has 6 heteroatoms. The van der Waals surface area contributed by atoms with Crippen molar-refractivity contribution in [2.24, 2.45) is 11.3 Å². The molecule has 2 saturated carbocycles. The molecule has 2 aliphatic carbocycles. The average Bonchev–Trinajstić information content (AvgIpc) is 3.23. The summed E-state index contributed by atoms with van der Waals surface area (Å²) in [5.41, 5.74) is 2.74. The van der Waals surface area contributed by atoms with Crippen LogP contribution in [0.2, 0.25) is 0 Å². The van der Waals surface area contributed by atoms with E-state index in [0.717, 1.165) is 36.9 Å². The molecule has 3 heterocycles. The van der Waals surface area contributed by atoms with Gasteiger partial charge < -0.3 is 14.6 Å². The number of pyridine rings is 1. The van der Waals surface area contributed by atoms with Crippen molar-refractivity contribution in [2.45, 2.75) is 58.1 Å². The Morgan fingerprint density at radius 2 is 2.12 bits per heavy atom. The lowest BCUT2D eigenvalue weighted by Gasteiger charge is -2.54. The standard InChI is InChI=1S/C19H23N3O3/c1-9-14-12(8-13(10-4-5-10)20-18(14)25-22-9)17(23)21-15-11-6-7-24-16(11)19(15,2)3/h8,10-11,15-16H,4-7H2,1-3H3,(H,21,23). The molecule has 3 atom stereocenters. The Morgan fingerprint density at radius 1 is 1.32 bits per heavy atom. The first-order valence-electron chi connectivity index (χ1n) is 9.16. The summed E-state index contributed by atoms with van der Waals surface area (Å²) in [7, 11) is 0. The Labute approximate surface area is 146 Å². The van der Waals surface area contributed by atoms with E-state index in [1.807, 2.05) is 13.0 Å². The molecule has 1 amide bonds. The van der Waals surface area contributed by atoms with Gasteiger partial charge in [-0.3, -0.25) is 4.79 Å². The Kier molecular flexibility index (Phi) is 3.08. The molecule has 6 nitrogen and oxygen atoms in total. The minimum absolute atomic E-state index is 0.0357. The number of amides is 1. The Balaban J connectivity index is 1.50. The molecule has 0 spiro atoms. The van der Waals surface area contributed by atoms with Crippen molar-refractivity contribution in [1.82, 2.24) is 15.5 Å². The van der Waals surface area contributed by atoms with Gasteiger partial charge in [0.1, 0.15) is 0 Å². The summed E-state index contributed by atoms with van der Waals surface area (Å²) in [5.74, 6) is 0.820. The first kappa shape index (κ1) is 15.3. The van der Waals surface area contributed by atoms with Crippen LogP contribution in [0.25, 0.3) is 11.1 Å². The molecule has 0 aromatic carbocycles. The molecule has 3 fully saturated rings. The van der Waals surface area contributed by atoms with Crippen molar-refractivity contribution in [3.05, 3.63) is 23.0 Å². The fraction of sp³-hybridized carbons (Fsp3) is 0.632. The van der Waals surface area contributed by atoms with E-state index in [1.165, 1.54) is 0 Å². The summed E-state index contributed by atoms with van der Waals surface area (Å²) in [5, 5.41) is 8.03. The zero-order valence-electron chi connectivity index (χ0n) is 14.8. The number of aryl methyl sites for hydroxylation is 1. The lowest BCUT2D eigenvalue weighted by Crippen LogP contribution is -2.66. The number of hydrogen-bond acceptors (Lipinski definition) is 5. The van der Waals surface area contributed by atoms with E-state index >= 15 is 0 Å². The number of nitrogens with one attached hydrogen (secondary N) is 1. The second kappa shape index (κ2) is 5.04. The number of hydrogen-bond donors (Lipinski definition) is 1. The van der Waals surface area contributed by atoms with Crippen molar-refractivity contribution >= 4 is 17.0 Å². The topological polar surface area (TPSA) is 77.2 Å². The van der Waals surface area contributed by atoms with E-state index in [-0.39, 0.29) is 23.5 Å². The molecule has 3 unspecified atom stereocenters. The maximum atomic E-state index is 13.1. The van der Waals surface area contributed by atoms with Crippen LogP contribution in [0.4, 0.5) is 0 Å². The van der Waals surface area contributed by atoms with Gasteiger partial charge in [0.05, 0.1) is 22.7 Å². The molecule has 1 aliphatic heterocycles. The summed E-state index contributed by atoms with van der Waals surface area (Å²) in [6.45, 7) is 7.00. The predicted octanol–water partition coefficient (Wildman–Crippen LogP) is 2.95. The van der Waals surface area contributed by atoms with Crippen molar-refractivity contribution < 1.29 is 14.1 Å². The molecular formula is C19H23N3O3. The number of nitrogens with zero attached hydrogens (tertiary/aromatic N) is 2. The maximum absolute atomic E-state index is 13.1. The first-order chi connectivity index (χ1) is 12.0. The van der Waals surface area contributed by atoms with Gasteiger partial charge >= 0.3 is 0 Å². The zero-order chi connectivity index (χ0) is 17.3. The molecule has 3 aliphatic rings. The van der Waals surface area contributed by atoms with E-state index < -0.39 is 0 Å². The summed E-state index contributed by atoms with van der Waals surface area (Å²) in [6, 6.07) is 2.08. The SMILES string of the molecule is Cc1noc2nc(C3CC3)cc(C(=O)NC3C4CCOC4C3(C)C)c12. The van der Waals surface area contributed by atoms with Crippen LogP contribution in [-0.4, -0.2) is 34.8 Å². The van der Waals surface area contributed by atoms with Crippen molar-refractivity contribution in [2.75, 3.05) is 6.61 Å². The number of ether oxygens (including phenoxy) is 1. The fourth-order valence-corrected chi connectivity index (χ4v) is 4.72. The van der Waals surface area contributed by atoms with Gasteiger partial charge in [-0.15, -0.1) is 0 Å². The van der Waals surface area contributed by atoms with Crippen LogP contribution < -0.4 is 5.32 Å². The third-order valence-electron chi connectivity index (χ3n) is 6.26. The van der Waals surface area contributed by atoms with E-state index in [9.17, 15) is 4.79 Å². The van der Waals surface area contributed by atoms with Crippen LogP contribution in [0.5, 0.6) is 0 Å². The van der Waals surface area contributed by atoms with Crippen LogP contribution in [0, 0.1) is 18.3 Å². The number of fused-ring (bicyclic) bond motifs is 2. The minimum Gasteiger partial charge on any atom is -0.377 e. The molecule has 5 rings (SSSR count). The quantitative estimate of drug-likeness (QED) is 0.929. The van der Waals surface area contributed by atoms with Crippen molar-refractivity contribution in [3.8, 4) is 0 Å². The molecule has 0 bridgehead atoms. The highest BCUT2D eigenvalue weighted by Crippen LogP contribution is 2.52.